The summed E-state index contributed by atoms with van der Waals surface area (Å²) in [6, 6.07) is 12.2. The van der Waals surface area contributed by atoms with Crippen molar-refractivity contribution in [2.24, 2.45) is 0 Å². The fraction of sp³-hybridized carbons (Fsp3) is 0. The number of pyridine rings is 1. The summed E-state index contributed by atoms with van der Waals surface area (Å²) in [5.74, 6) is 0. The molecule has 18 heavy (non-hydrogen) atoms. The summed E-state index contributed by atoms with van der Waals surface area (Å²) in [6.45, 7) is 0. The smallest absolute Gasteiger partial charge is 0.0658 e. The maximum absolute atomic E-state index is 4.76. The molecule has 0 atom stereocenters. The van der Waals surface area contributed by atoms with Gasteiger partial charge in [-0.1, -0.05) is 12.2 Å². The van der Waals surface area contributed by atoms with Crippen molar-refractivity contribution >= 4 is 34.3 Å². The van der Waals surface area contributed by atoms with Gasteiger partial charge in [-0.25, -0.2) is 0 Å². The zero-order chi connectivity index (χ0) is 12.4. The molecule has 0 saturated carbocycles. The monoisotopic (exact) mass is 253 g/mol. The number of hydrogen-bond acceptors (Lipinski definition) is 2. The molecule has 0 amide bonds. The molecule has 4 heteroatoms. The molecule has 2 aromatic heterocycles. The van der Waals surface area contributed by atoms with Gasteiger partial charge < -0.3 is 9.88 Å². The van der Waals surface area contributed by atoms with Crippen molar-refractivity contribution in [2.75, 3.05) is 5.32 Å². The van der Waals surface area contributed by atoms with E-state index in [1.54, 1.807) is 6.20 Å². The van der Waals surface area contributed by atoms with E-state index in [0.717, 1.165) is 22.3 Å². The molecule has 0 spiro atoms. The van der Waals surface area contributed by atoms with Crippen LogP contribution in [0, 0.1) is 0 Å². The Hall–Kier alpha value is -2.20. The fourth-order valence-electron chi connectivity index (χ4n) is 1.99. The zero-order valence-corrected chi connectivity index (χ0v) is 10.4. The molecule has 0 unspecified atom stereocenters. The molecule has 3 rings (SSSR count). The number of nitrogens with one attached hydrogen (secondary N) is 1. The van der Waals surface area contributed by atoms with Gasteiger partial charge in [0.1, 0.15) is 0 Å². The maximum atomic E-state index is 4.76. The summed E-state index contributed by atoms with van der Waals surface area (Å²) in [7, 11) is 0. The van der Waals surface area contributed by atoms with Crippen LogP contribution in [0.3, 0.4) is 0 Å². The van der Waals surface area contributed by atoms with Crippen LogP contribution in [-0.4, -0.2) is 15.0 Å². The number of fused-ring (bicyclic) bond motifs is 1. The SMILES string of the molecule is S=CNc1ccc(-n2ccc3cnccc32)cc1. The summed E-state index contributed by atoms with van der Waals surface area (Å²) in [5, 5.41) is 4.13. The molecule has 0 aliphatic rings. The number of benzene rings is 1. The van der Waals surface area contributed by atoms with Gasteiger partial charge in [0, 0.05) is 35.4 Å². The zero-order valence-electron chi connectivity index (χ0n) is 9.58. The van der Waals surface area contributed by atoms with Gasteiger partial charge in [-0.2, -0.15) is 0 Å². The Kier molecular flexibility index (Phi) is 2.78. The van der Waals surface area contributed by atoms with Crippen molar-refractivity contribution in [3.05, 3.63) is 55.0 Å². The number of nitrogens with zero attached hydrogens (tertiary/aromatic N) is 2. The standard InChI is InChI=1S/C14H11N3S/c18-10-16-12-1-3-13(4-2-12)17-8-6-11-9-15-7-5-14(11)17/h1-10H,(H,16,18). The molecular formula is C14H11N3S. The van der Waals surface area contributed by atoms with E-state index in [0.29, 0.717) is 0 Å². The molecule has 0 fully saturated rings. The van der Waals surface area contributed by atoms with Crippen LogP contribution >= 0.6 is 12.2 Å². The second kappa shape index (κ2) is 4.58. The lowest BCUT2D eigenvalue weighted by Crippen LogP contribution is -1.94. The van der Waals surface area contributed by atoms with E-state index in [-0.39, 0.29) is 0 Å². The van der Waals surface area contributed by atoms with E-state index in [4.69, 9.17) is 12.2 Å². The second-order valence-electron chi connectivity index (χ2n) is 3.93. The Labute approximate surface area is 110 Å². The lowest BCUT2D eigenvalue weighted by Gasteiger charge is -2.06. The van der Waals surface area contributed by atoms with E-state index < -0.39 is 0 Å². The topological polar surface area (TPSA) is 29.9 Å². The number of thiocarbonyl (C=S) groups is 1. The molecule has 2 heterocycles. The van der Waals surface area contributed by atoms with Crippen LogP contribution in [0.2, 0.25) is 0 Å². The van der Waals surface area contributed by atoms with Crippen LogP contribution in [0.1, 0.15) is 0 Å². The summed E-state index contributed by atoms with van der Waals surface area (Å²) >= 11 is 4.76. The van der Waals surface area contributed by atoms with Gasteiger partial charge in [0.2, 0.25) is 0 Å². The van der Waals surface area contributed by atoms with Crippen LogP contribution in [-0.2, 0) is 0 Å². The number of anilines is 1. The molecule has 1 N–H and O–H groups in total. The summed E-state index contributed by atoms with van der Waals surface area (Å²) < 4.78 is 2.14. The first kappa shape index (κ1) is 10.9. The van der Waals surface area contributed by atoms with E-state index in [1.807, 2.05) is 30.6 Å². The maximum Gasteiger partial charge on any atom is 0.0658 e. The van der Waals surface area contributed by atoms with Crippen molar-refractivity contribution in [2.45, 2.75) is 0 Å². The van der Waals surface area contributed by atoms with Crippen molar-refractivity contribution in [1.29, 1.82) is 0 Å². The average molecular weight is 253 g/mol. The van der Waals surface area contributed by atoms with Gasteiger partial charge in [0.05, 0.1) is 11.0 Å². The van der Waals surface area contributed by atoms with E-state index in [1.165, 1.54) is 5.49 Å². The Morgan fingerprint density at radius 3 is 2.72 bits per heavy atom. The van der Waals surface area contributed by atoms with Gasteiger partial charge in [0.25, 0.3) is 0 Å². The van der Waals surface area contributed by atoms with Crippen molar-refractivity contribution in [1.82, 2.24) is 9.55 Å². The molecule has 0 bridgehead atoms. The first-order valence-electron chi connectivity index (χ1n) is 5.60. The van der Waals surface area contributed by atoms with Gasteiger partial charge >= 0.3 is 0 Å². The van der Waals surface area contributed by atoms with Crippen molar-refractivity contribution in [3.63, 3.8) is 0 Å². The van der Waals surface area contributed by atoms with Crippen LogP contribution in [0.25, 0.3) is 16.6 Å². The lowest BCUT2D eigenvalue weighted by molar-refractivity contribution is 1.13. The quantitative estimate of drug-likeness (QED) is 0.726. The first-order chi connectivity index (χ1) is 8.88. The molecule has 0 saturated heterocycles. The predicted molar refractivity (Wildman–Crippen MR) is 78.3 cm³/mol. The lowest BCUT2D eigenvalue weighted by atomic mass is 10.2. The number of aromatic nitrogens is 2. The molecule has 3 aromatic rings. The fourth-order valence-corrected chi connectivity index (χ4v) is 2.13. The Morgan fingerprint density at radius 1 is 1.11 bits per heavy atom. The summed E-state index contributed by atoms with van der Waals surface area (Å²) in [6.07, 6.45) is 5.73. The normalized spacial score (nSPS) is 10.4. The van der Waals surface area contributed by atoms with Crippen LogP contribution in [0.4, 0.5) is 5.69 Å². The Balaban J connectivity index is 2.06. The number of hydrogen-bond donors (Lipinski definition) is 1. The van der Waals surface area contributed by atoms with Crippen molar-refractivity contribution < 1.29 is 0 Å². The Morgan fingerprint density at radius 2 is 1.94 bits per heavy atom. The van der Waals surface area contributed by atoms with E-state index in [2.05, 4.69) is 33.1 Å². The van der Waals surface area contributed by atoms with Crippen LogP contribution < -0.4 is 5.32 Å². The van der Waals surface area contributed by atoms with E-state index >= 15 is 0 Å². The highest BCUT2D eigenvalue weighted by atomic mass is 32.1. The van der Waals surface area contributed by atoms with E-state index in [9.17, 15) is 0 Å². The van der Waals surface area contributed by atoms with Gasteiger partial charge in [-0.3, -0.25) is 4.98 Å². The minimum absolute atomic E-state index is 0.992. The summed E-state index contributed by atoms with van der Waals surface area (Å²) in [4.78, 5) is 4.12. The molecule has 3 nitrogen and oxygen atoms in total. The van der Waals surface area contributed by atoms with Gasteiger partial charge in [-0.15, -0.1) is 0 Å². The highest BCUT2D eigenvalue weighted by molar-refractivity contribution is 7.79. The first-order valence-corrected chi connectivity index (χ1v) is 6.07. The average Bonchev–Trinajstić information content (AvgIpc) is 2.84. The van der Waals surface area contributed by atoms with Crippen LogP contribution in [0.15, 0.2) is 55.0 Å². The molecule has 0 aliphatic heterocycles. The highest BCUT2D eigenvalue weighted by Gasteiger charge is 2.02. The third-order valence-corrected chi connectivity index (χ3v) is 2.98. The molecule has 0 aliphatic carbocycles. The molecule has 88 valence electrons. The van der Waals surface area contributed by atoms with Crippen LogP contribution in [0.5, 0.6) is 0 Å². The third-order valence-electron chi connectivity index (χ3n) is 2.86. The number of rotatable bonds is 3. The molecule has 1 aromatic carbocycles. The molecular weight excluding hydrogens is 242 g/mol. The predicted octanol–water partition coefficient (Wildman–Crippen LogP) is 3.39. The highest BCUT2D eigenvalue weighted by Crippen LogP contribution is 2.20. The second-order valence-corrected chi connectivity index (χ2v) is 4.16. The minimum atomic E-state index is 0.992. The Bertz CT molecular complexity index is 686. The largest absolute Gasteiger partial charge is 0.353 e. The van der Waals surface area contributed by atoms with Crippen molar-refractivity contribution in [3.8, 4) is 5.69 Å². The van der Waals surface area contributed by atoms with Gasteiger partial charge in [-0.05, 0) is 36.4 Å². The molecule has 0 radical (unpaired) electrons. The minimum Gasteiger partial charge on any atom is -0.353 e. The third kappa shape index (κ3) is 1.87. The van der Waals surface area contributed by atoms with Gasteiger partial charge in [0.15, 0.2) is 0 Å². The summed E-state index contributed by atoms with van der Waals surface area (Å²) in [5.41, 5.74) is 4.77.